The van der Waals surface area contributed by atoms with E-state index in [9.17, 15) is 9.59 Å². The van der Waals surface area contributed by atoms with Crippen molar-refractivity contribution in [3.05, 3.63) is 41.1 Å². The third-order valence-corrected chi connectivity index (χ3v) is 6.02. The minimum absolute atomic E-state index is 0.0137. The van der Waals surface area contributed by atoms with Crippen molar-refractivity contribution in [3.63, 3.8) is 0 Å². The molecule has 1 fully saturated rings. The first-order valence-electron chi connectivity index (χ1n) is 10.1. The second-order valence-electron chi connectivity index (χ2n) is 7.84. The molecule has 1 saturated carbocycles. The second-order valence-corrected chi connectivity index (χ2v) is 7.84. The van der Waals surface area contributed by atoms with E-state index in [1.165, 1.54) is 19.3 Å². The Balaban J connectivity index is 1.79. The number of para-hydroxylation sites is 1. The monoisotopic (exact) mass is 365 g/mol. The molecule has 1 aromatic carbocycles. The second kappa shape index (κ2) is 7.29. The smallest absolute Gasteiger partial charge is 0.273 e. The number of carbonyl (C=O) groups is 2. The molecular weight excluding hydrogens is 338 g/mol. The number of rotatable bonds is 4. The van der Waals surface area contributed by atoms with Crippen molar-refractivity contribution in [1.29, 1.82) is 0 Å². The van der Waals surface area contributed by atoms with Crippen molar-refractivity contribution in [3.8, 4) is 0 Å². The molecule has 2 heterocycles. The summed E-state index contributed by atoms with van der Waals surface area (Å²) < 4.78 is 0. The van der Waals surface area contributed by atoms with Gasteiger partial charge in [-0.2, -0.15) is 0 Å². The quantitative estimate of drug-likeness (QED) is 0.889. The van der Waals surface area contributed by atoms with Gasteiger partial charge in [-0.05, 0) is 32.3 Å². The summed E-state index contributed by atoms with van der Waals surface area (Å²) in [6.45, 7) is 4.55. The molecule has 0 radical (unpaired) electrons. The molecule has 1 N–H and O–H groups in total. The van der Waals surface area contributed by atoms with Crippen LogP contribution in [0, 0.1) is 0 Å². The van der Waals surface area contributed by atoms with Gasteiger partial charge in [0.1, 0.15) is 5.69 Å². The van der Waals surface area contributed by atoms with Crippen LogP contribution in [0.4, 0.5) is 0 Å². The number of amides is 2. The summed E-state index contributed by atoms with van der Waals surface area (Å²) >= 11 is 0. The maximum absolute atomic E-state index is 13.1. The summed E-state index contributed by atoms with van der Waals surface area (Å²) in [6.07, 6.45) is 6.55. The fourth-order valence-corrected chi connectivity index (χ4v) is 4.31. The SMILES string of the molecule is CCC(C)NC(=O)c1c2c(nc3ccccc13)C(=O)N(C1CCCCC1)C2. The van der Waals surface area contributed by atoms with Gasteiger partial charge in [0, 0.05) is 29.6 Å². The van der Waals surface area contributed by atoms with E-state index >= 15 is 0 Å². The largest absolute Gasteiger partial charge is 0.350 e. The van der Waals surface area contributed by atoms with Gasteiger partial charge in [-0.1, -0.05) is 44.4 Å². The van der Waals surface area contributed by atoms with Gasteiger partial charge < -0.3 is 10.2 Å². The molecule has 2 aliphatic rings. The Morgan fingerprint density at radius 2 is 2.00 bits per heavy atom. The van der Waals surface area contributed by atoms with Crippen molar-refractivity contribution in [2.45, 2.75) is 71.0 Å². The van der Waals surface area contributed by atoms with Crippen molar-refractivity contribution in [2.24, 2.45) is 0 Å². The summed E-state index contributed by atoms with van der Waals surface area (Å²) in [5, 5.41) is 3.91. The van der Waals surface area contributed by atoms with E-state index in [1.807, 2.05) is 43.0 Å². The van der Waals surface area contributed by atoms with Crippen LogP contribution in [-0.4, -0.2) is 33.8 Å². The van der Waals surface area contributed by atoms with Gasteiger partial charge in [-0.25, -0.2) is 4.98 Å². The lowest BCUT2D eigenvalue weighted by Crippen LogP contribution is -2.37. The molecule has 142 valence electrons. The van der Waals surface area contributed by atoms with Crippen LogP contribution in [-0.2, 0) is 6.54 Å². The first kappa shape index (κ1) is 18.0. The minimum Gasteiger partial charge on any atom is -0.350 e. The molecule has 1 aromatic heterocycles. The molecule has 0 saturated heterocycles. The summed E-state index contributed by atoms with van der Waals surface area (Å²) in [5.74, 6) is -0.113. The average Bonchev–Trinajstić information content (AvgIpc) is 3.02. The number of nitrogens with one attached hydrogen (secondary N) is 1. The van der Waals surface area contributed by atoms with E-state index < -0.39 is 0 Å². The highest BCUT2D eigenvalue weighted by Crippen LogP contribution is 2.34. The Kier molecular flexibility index (Phi) is 4.85. The lowest BCUT2D eigenvalue weighted by atomic mass is 9.94. The van der Waals surface area contributed by atoms with E-state index in [4.69, 9.17) is 0 Å². The Bertz CT molecular complexity index is 887. The highest BCUT2D eigenvalue weighted by Gasteiger charge is 2.38. The van der Waals surface area contributed by atoms with Crippen LogP contribution in [0.2, 0.25) is 0 Å². The Morgan fingerprint density at radius 3 is 2.74 bits per heavy atom. The van der Waals surface area contributed by atoms with E-state index in [-0.39, 0.29) is 23.9 Å². The topological polar surface area (TPSA) is 62.3 Å². The molecule has 1 atom stereocenters. The number of benzene rings is 1. The minimum atomic E-state index is -0.0995. The first-order chi connectivity index (χ1) is 13.1. The van der Waals surface area contributed by atoms with Gasteiger partial charge in [-0.15, -0.1) is 0 Å². The van der Waals surface area contributed by atoms with Crippen molar-refractivity contribution in [2.75, 3.05) is 0 Å². The van der Waals surface area contributed by atoms with Gasteiger partial charge in [0.25, 0.3) is 11.8 Å². The van der Waals surface area contributed by atoms with E-state index in [0.29, 0.717) is 23.3 Å². The summed E-state index contributed by atoms with van der Waals surface area (Å²) in [6, 6.07) is 8.00. The van der Waals surface area contributed by atoms with Crippen LogP contribution in [0.15, 0.2) is 24.3 Å². The van der Waals surface area contributed by atoms with Crippen LogP contribution in [0.25, 0.3) is 10.9 Å². The lowest BCUT2D eigenvalue weighted by molar-refractivity contribution is 0.0655. The maximum atomic E-state index is 13.1. The average molecular weight is 365 g/mol. The number of carbonyl (C=O) groups excluding carboxylic acids is 2. The molecule has 1 unspecified atom stereocenters. The molecule has 1 aliphatic heterocycles. The molecule has 5 heteroatoms. The van der Waals surface area contributed by atoms with Crippen molar-refractivity contribution in [1.82, 2.24) is 15.2 Å². The van der Waals surface area contributed by atoms with Gasteiger partial charge >= 0.3 is 0 Å². The summed E-state index contributed by atoms with van der Waals surface area (Å²) in [7, 11) is 0. The first-order valence-corrected chi connectivity index (χ1v) is 10.1. The molecule has 2 amide bonds. The fraction of sp³-hybridized carbons (Fsp3) is 0.500. The maximum Gasteiger partial charge on any atom is 0.273 e. The molecule has 5 nitrogen and oxygen atoms in total. The molecular formula is C22H27N3O2. The van der Waals surface area contributed by atoms with Gasteiger partial charge in [0.05, 0.1) is 11.1 Å². The Morgan fingerprint density at radius 1 is 1.26 bits per heavy atom. The molecule has 2 aromatic rings. The molecule has 0 bridgehead atoms. The highest BCUT2D eigenvalue weighted by molar-refractivity contribution is 6.11. The standard InChI is InChI=1S/C22H27N3O2/c1-3-14(2)23-21(26)19-16-11-7-8-12-18(16)24-20-17(19)13-25(22(20)27)15-9-5-4-6-10-15/h7-8,11-12,14-15H,3-6,9-10,13H2,1-2H3,(H,23,26). The van der Waals surface area contributed by atoms with E-state index in [0.717, 1.165) is 30.2 Å². The fourth-order valence-electron chi connectivity index (χ4n) is 4.31. The van der Waals surface area contributed by atoms with Gasteiger partial charge in [0.2, 0.25) is 0 Å². The number of pyridine rings is 1. The third-order valence-electron chi connectivity index (χ3n) is 6.02. The molecule has 1 aliphatic carbocycles. The van der Waals surface area contributed by atoms with E-state index in [2.05, 4.69) is 10.3 Å². The Hall–Kier alpha value is -2.43. The van der Waals surface area contributed by atoms with Crippen LogP contribution < -0.4 is 5.32 Å². The van der Waals surface area contributed by atoms with Crippen LogP contribution in [0.3, 0.4) is 0 Å². The predicted molar refractivity (Wildman–Crippen MR) is 106 cm³/mol. The normalized spacial score (nSPS) is 18.6. The zero-order valence-corrected chi connectivity index (χ0v) is 16.1. The van der Waals surface area contributed by atoms with Crippen LogP contribution in [0.1, 0.15) is 78.8 Å². The third kappa shape index (κ3) is 3.20. The van der Waals surface area contributed by atoms with Gasteiger partial charge in [0.15, 0.2) is 0 Å². The number of hydrogen-bond donors (Lipinski definition) is 1. The lowest BCUT2D eigenvalue weighted by Gasteiger charge is -2.30. The number of fused-ring (bicyclic) bond motifs is 2. The number of hydrogen-bond acceptors (Lipinski definition) is 3. The number of aromatic nitrogens is 1. The molecule has 27 heavy (non-hydrogen) atoms. The predicted octanol–water partition coefficient (Wildman–Crippen LogP) is 4.05. The van der Waals surface area contributed by atoms with Crippen molar-refractivity contribution < 1.29 is 9.59 Å². The van der Waals surface area contributed by atoms with Gasteiger partial charge in [-0.3, -0.25) is 9.59 Å². The summed E-state index contributed by atoms with van der Waals surface area (Å²) in [4.78, 5) is 32.8. The number of nitrogens with zero attached hydrogens (tertiary/aromatic N) is 2. The zero-order chi connectivity index (χ0) is 19.0. The van der Waals surface area contributed by atoms with E-state index in [1.54, 1.807) is 0 Å². The molecule has 0 spiro atoms. The highest BCUT2D eigenvalue weighted by atomic mass is 16.2. The molecule has 4 rings (SSSR count). The summed E-state index contributed by atoms with van der Waals surface area (Å²) in [5.41, 5.74) is 2.60. The van der Waals surface area contributed by atoms with Crippen molar-refractivity contribution >= 4 is 22.7 Å². The Labute approximate surface area is 160 Å². The van der Waals surface area contributed by atoms with Crippen LogP contribution in [0.5, 0.6) is 0 Å². The van der Waals surface area contributed by atoms with Crippen LogP contribution >= 0.6 is 0 Å². The zero-order valence-electron chi connectivity index (χ0n) is 16.1.